The van der Waals surface area contributed by atoms with Gasteiger partial charge in [-0.3, -0.25) is 4.79 Å². The van der Waals surface area contributed by atoms with Crippen LogP contribution in [0, 0.1) is 5.92 Å². The van der Waals surface area contributed by atoms with E-state index in [-0.39, 0.29) is 11.8 Å². The van der Waals surface area contributed by atoms with Crippen molar-refractivity contribution in [2.24, 2.45) is 5.92 Å². The molecule has 24 heavy (non-hydrogen) atoms. The molecule has 0 aliphatic carbocycles. The highest BCUT2D eigenvalue weighted by Gasteiger charge is 2.25. The summed E-state index contributed by atoms with van der Waals surface area (Å²) in [6.45, 7) is 2.82. The number of hydrogen-bond acceptors (Lipinski definition) is 2. The Hall–Kier alpha value is -1.84. The van der Waals surface area contributed by atoms with Gasteiger partial charge < -0.3 is 10.2 Å². The van der Waals surface area contributed by atoms with Gasteiger partial charge in [-0.15, -0.1) is 0 Å². The Balaban J connectivity index is 1.52. The molecule has 0 radical (unpaired) electrons. The number of nitrogens with zero attached hydrogens (tertiary/aromatic N) is 1. The monoisotopic (exact) mass is 342 g/mol. The third-order valence-electron chi connectivity index (χ3n) is 4.57. The number of rotatable bonds is 5. The summed E-state index contributed by atoms with van der Waals surface area (Å²) in [4.78, 5) is 14.9. The van der Waals surface area contributed by atoms with Gasteiger partial charge in [0, 0.05) is 23.8 Å². The number of nitrogens with one attached hydrogen (secondary N) is 1. The lowest BCUT2D eigenvalue weighted by Crippen LogP contribution is -2.41. The number of halogens is 1. The van der Waals surface area contributed by atoms with Crippen LogP contribution in [0.5, 0.6) is 0 Å². The Morgan fingerprint density at radius 1 is 1.12 bits per heavy atom. The molecule has 0 saturated carbocycles. The van der Waals surface area contributed by atoms with Crippen LogP contribution in [0.4, 0.5) is 5.69 Å². The third kappa shape index (κ3) is 4.59. The molecule has 126 valence electrons. The van der Waals surface area contributed by atoms with E-state index in [0.29, 0.717) is 0 Å². The maximum absolute atomic E-state index is 12.5. The second kappa shape index (κ2) is 8.32. The summed E-state index contributed by atoms with van der Waals surface area (Å²) in [6.07, 6.45) is 2.95. The summed E-state index contributed by atoms with van der Waals surface area (Å²) < 4.78 is 0. The second-order valence-corrected chi connectivity index (χ2v) is 6.74. The average molecular weight is 343 g/mol. The summed E-state index contributed by atoms with van der Waals surface area (Å²) in [5.41, 5.74) is 2.05. The Labute approximate surface area is 148 Å². The van der Waals surface area contributed by atoms with Crippen molar-refractivity contribution >= 4 is 23.2 Å². The fraction of sp³-hybridized carbons (Fsp3) is 0.350. The molecular formula is C20H23ClN2O. The summed E-state index contributed by atoms with van der Waals surface area (Å²) in [7, 11) is 0. The van der Waals surface area contributed by atoms with Gasteiger partial charge in [-0.25, -0.2) is 0 Å². The van der Waals surface area contributed by atoms with Crippen molar-refractivity contribution in [3.05, 3.63) is 65.2 Å². The topological polar surface area (TPSA) is 32.3 Å². The summed E-state index contributed by atoms with van der Waals surface area (Å²) >= 11 is 6.23. The highest BCUT2D eigenvalue weighted by Crippen LogP contribution is 2.21. The van der Waals surface area contributed by atoms with E-state index in [0.717, 1.165) is 49.6 Å². The first-order chi connectivity index (χ1) is 11.7. The molecule has 1 saturated heterocycles. The van der Waals surface area contributed by atoms with Crippen LogP contribution >= 0.6 is 11.6 Å². The number of para-hydroxylation sites is 1. The van der Waals surface area contributed by atoms with Crippen molar-refractivity contribution in [1.82, 2.24) is 4.90 Å². The van der Waals surface area contributed by atoms with E-state index in [1.807, 2.05) is 48.5 Å². The molecule has 0 aromatic heterocycles. The molecule has 1 aliphatic heterocycles. The largest absolute Gasteiger partial charge is 0.326 e. The van der Waals surface area contributed by atoms with Crippen LogP contribution in [-0.4, -0.2) is 30.4 Å². The van der Waals surface area contributed by atoms with Crippen LogP contribution in [0.2, 0.25) is 5.02 Å². The van der Waals surface area contributed by atoms with Crippen molar-refractivity contribution in [1.29, 1.82) is 0 Å². The first kappa shape index (κ1) is 17.0. The van der Waals surface area contributed by atoms with Gasteiger partial charge in [0.2, 0.25) is 5.91 Å². The van der Waals surface area contributed by atoms with Gasteiger partial charge in [-0.2, -0.15) is 0 Å². The zero-order valence-electron chi connectivity index (χ0n) is 13.7. The summed E-state index contributed by atoms with van der Waals surface area (Å²) in [5, 5.41) is 3.86. The molecule has 1 heterocycles. The number of anilines is 1. The number of amides is 1. The molecule has 0 spiro atoms. The first-order valence-electron chi connectivity index (χ1n) is 8.54. The van der Waals surface area contributed by atoms with E-state index in [1.54, 1.807) is 0 Å². The van der Waals surface area contributed by atoms with Crippen molar-refractivity contribution in [2.75, 3.05) is 25.0 Å². The summed E-state index contributed by atoms with van der Waals surface area (Å²) in [6, 6.07) is 17.7. The zero-order chi connectivity index (χ0) is 16.8. The van der Waals surface area contributed by atoms with E-state index in [2.05, 4.69) is 16.3 Å². The molecule has 3 nitrogen and oxygen atoms in total. The van der Waals surface area contributed by atoms with Crippen molar-refractivity contribution in [2.45, 2.75) is 19.3 Å². The predicted molar refractivity (Wildman–Crippen MR) is 99.4 cm³/mol. The Kier molecular flexibility index (Phi) is 5.89. The lowest BCUT2D eigenvalue weighted by Gasteiger charge is -2.32. The Morgan fingerprint density at radius 2 is 1.88 bits per heavy atom. The molecule has 2 aromatic rings. The number of piperidine rings is 1. The van der Waals surface area contributed by atoms with Crippen LogP contribution in [-0.2, 0) is 11.2 Å². The predicted octanol–water partition coefficient (Wildman–Crippen LogP) is 4.23. The molecule has 4 heteroatoms. The third-order valence-corrected chi connectivity index (χ3v) is 4.94. The van der Waals surface area contributed by atoms with Gasteiger partial charge in [0.05, 0.1) is 5.92 Å². The first-order valence-corrected chi connectivity index (χ1v) is 8.92. The Morgan fingerprint density at radius 3 is 2.67 bits per heavy atom. The molecule has 1 unspecified atom stereocenters. The normalized spacial score (nSPS) is 18.3. The Bertz CT molecular complexity index is 674. The van der Waals surface area contributed by atoms with E-state index >= 15 is 0 Å². The zero-order valence-corrected chi connectivity index (χ0v) is 14.5. The van der Waals surface area contributed by atoms with Crippen LogP contribution in [0.3, 0.4) is 0 Å². The lowest BCUT2D eigenvalue weighted by atomic mass is 9.96. The fourth-order valence-electron chi connectivity index (χ4n) is 3.22. The molecule has 1 fully saturated rings. The molecule has 3 rings (SSSR count). The highest BCUT2D eigenvalue weighted by atomic mass is 35.5. The van der Waals surface area contributed by atoms with E-state index < -0.39 is 0 Å². The highest BCUT2D eigenvalue weighted by molar-refractivity contribution is 6.31. The SMILES string of the molecule is O=C(Nc1ccccc1)C1CCCN(CCc2ccccc2Cl)C1. The van der Waals surface area contributed by atoms with Crippen LogP contribution in [0.15, 0.2) is 54.6 Å². The molecule has 1 aliphatic rings. The maximum atomic E-state index is 12.5. The van der Waals surface area contributed by atoms with Gasteiger partial charge >= 0.3 is 0 Å². The van der Waals surface area contributed by atoms with Crippen molar-refractivity contribution in [3.63, 3.8) is 0 Å². The van der Waals surface area contributed by atoms with Crippen LogP contribution < -0.4 is 5.32 Å². The molecule has 1 amide bonds. The minimum absolute atomic E-state index is 0.0604. The standard InChI is InChI=1S/C20H23ClN2O/c21-19-11-5-4-7-16(19)12-14-23-13-6-8-17(15-23)20(24)22-18-9-2-1-3-10-18/h1-5,7,9-11,17H,6,8,12-15H2,(H,22,24). The van der Waals surface area contributed by atoms with E-state index in [4.69, 9.17) is 11.6 Å². The van der Waals surface area contributed by atoms with Gasteiger partial charge in [-0.1, -0.05) is 48.0 Å². The number of carbonyl (C=O) groups is 1. The van der Waals surface area contributed by atoms with Crippen molar-refractivity contribution < 1.29 is 4.79 Å². The number of likely N-dealkylation sites (tertiary alicyclic amines) is 1. The molecule has 0 bridgehead atoms. The molecule has 2 aromatic carbocycles. The second-order valence-electron chi connectivity index (χ2n) is 6.34. The molecular weight excluding hydrogens is 320 g/mol. The van der Waals surface area contributed by atoms with Crippen molar-refractivity contribution in [3.8, 4) is 0 Å². The average Bonchev–Trinajstić information content (AvgIpc) is 2.62. The quantitative estimate of drug-likeness (QED) is 0.881. The minimum Gasteiger partial charge on any atom is -0.326 e. The van der Waals surface area contributed by atoms with E-state index in [9.17, 15) is 4.79 Å². The van der Waals surface area contributed by atoms with Crippen LogP contribution in [0.1, 0.15) is 18.4 Å². The van der Waals surface area contributed by atoms with Crippen LogP contribution in [0.25, 0.3) is 0 Å². The number of benzene rings is 2. The fourth-order valence-corrected chi connectivity index (χ4v) is 3.45. The lowest BCUT2D eigenvalue weighted by molar-refractivity contribution is -0.121. The maximum Gasteiger partial charge on any atom is 0.228 e. The number of hydrogen-bond donors (Lipinski definition) is 1. The minimum atomic E-state index is 0.0604. The summed E-state index contributed by atoms with van der Waals surface area (Å²) in [5.74, 6) is 0.189. The molecule has 1 atom stereocenters. The van der Waals surface area contributed by atoms with E-state index in [1.165, 1.54) is 5.56 Å². The number of carbonyl (C=O) groups excluding carboxylic acids is 1. The van der Waals surface area contributed by atoms with Gasteiger partial charge in [0.1, 0.15) is 0 Å². The van der Waals surface area contributed by atoms with Gasteiger partial charge in [0.15, 0.2) is 0 Å². The molecule has 1 N–H and O–H groups in total. The smallest absolute Gasteiger partial charge is 0.228 e. The van der Waals surface area contributed by atoms with Gasteiger partial charge in [-0.05, 0) is 49.6 Å². The van der Waals surface area contributed by atoms with Gasteiger partial charge in [0.25, 0.3) is 0 Å².